The number of hydrogen-bond acceptors (Lipinski definition) is 2. The summed E-state index contributed by atoms with van der Waals surface area (Å²) in [5, 5.41) is 6.86. The summed E-state index contributed by atoms with van der Waals surface area (Å²) < 4.78 is 0. The molecule has 0 aliphatic carbocycles. The molecule has 2 atom stereocenters. The third-order valence-electron chi connectivity index (χ3n) is 2.15. The highest BCUT2D eigenvalue weighted by Gasteiger charge is 2.12. The van der Waals surface area contributed by atoms with Crippen LogP contribution < -0.4 is 10.6 Å². The summed E-state index contributed by atoms with van der Waals surface area (Å²) >= 11 is 0. The average molecular weight is 154 g/mol. The molecule has 2 nitrogen and oxygen atoms in total. The zero-order chi connectivity index (χ0) is 8.10. The molecule has 0 radical (unpaired) electrons. The Kier molecular flexibility index (Phi) is 3.60. The van der Waals surface area contributed by atoms with Crippen molar-refractivity contribution in [1.29, 1.82) is 0 Å². The van der Waals surface area contributed by atoms with Crippen LogP contribution in [0.2, 0.25) is 0 Å². The zero-order valence-electron chi connectivity index (χ0n) is 7.27. The summed E-state index contributed by atoms with van der Waals surface area (Å²) in [5.41, 5.74) is 0. The summed E-state index contributed by atoms with van der Waals surface area (Å²) in [7, 11) is 0. The Balaban J connectivity index is 2.18. The molecule has 0 aromatic carbocycles. The van der Waals surface area contributed by atoms with E-state index in [9.17, 15) is 0 Å². The van der Waals surface area contributed by atoms with Crippen molar-refractivity contribution in [2.45, 2.75) is 31.8 Å². The van der Waals surface area contributed by atoms with E-state index in [-0.39, 0.29) is 0 Å². The van der Waals surface area contributed by atoms with Gasteiger partial charge in [-0.1, -0.05) is 6.08 Å². The number of nitrogens with one attached hydrogen (secondary N) is 2. The Hall–Kier alpha value is -0.340. The van der Waals surface area contributed by atoms with Crippen LogP contribution in [0.1, 0.15) is 19.8 Å². The molecule has 64 valence electrons. The summed E-state index contributed by atoms with van der Waals surface area (Å²) in [6.45, 7) is 8.17. The SMILES string of the molecule is C=CC(C)NC1CCCNC1. The van der Waals surface area contributed by atoms with Gasteiger partial charge in [-0.2, -0.15) is 0 Å². The van der Waals surface area contributed by atoms with Crippen molar-refractivity contribution in [3.8, 4) is 0 Å². The fraction of sp³-hybridized carbons (Fsp3) is 0.778. The lowest BCUT2D eigenvalue weighted by Crippen LogP contribution is -2.45. The second-order valence-electron chi connectivity index (χ2n) is 3.23. The van der Waals surface area contributed by atoms with Crippen molar-refractivity contribution in [3.63, 3.8) is 0 Å². The lowest BCUT2D eigenvalue weighted by Gasteiger charge is -2.25. The Morgan fingerprint density at radius 2 is 2.55 bits per heavy atom. The van der Waals surface area contributed by atoms with Crippen molar-refractivity contribution in [2.75, 3.05) is 13.1 Å². The molecule has 1 saturated heterocycles. The molecule has 1 rings (SSSR count). The van der Waals surface area contributed by atoms with E-state index in [0.29, 0.717) is 12.1 Å². The smallest absolute Gasteiger partial charge is 0.0222 e. The molecule has 1 aliphatic rings. The van der Waals surface area contributed by atoms with Gasteiger partial charge < -0.3 is 10.6 Å². The van der Waals surface area contributed by atoms with Gasteiger partial charge in [0.05, 0.1) is 0 Å². The fourth-order valence-corrected chi connectivity index (χ4v) is 1.43. The molecule has 0 aromatic heterocycles. The van der Waals surface area contributed by atoms with Gasteiger partial charge in [0.1, 0.15) is 0 Å². The highest BCUT2D eigenvalue weighted by atomic mass is 15.0. The molecule has 2 unspecified atom stereocenters. The van der Waals surface area contributed by atoms with Gasteiger partial charge >= 0.3 is 0 Å². The second kappa shape index (κ2) is 4.52. The van der Waals surface area contributed by atoms with Crippen LogP contribution in [0.3, 0.4) is 0 Å². The molecule has 2 N–H and O–H groups in total. The van der Waals surface area contributed by atoms with E-state index in [1.54, 1.807) is 0 Å². The molecule has 0 bridgehead atoms. The summed E-state index contributed by atoms with van der Waals surface area (Å²) in [5.74, 6) is 0. The highest BCUT2D eigenvalue weighted by Crippen LogP contribution is 2.02. The quantitative estimate of drug-likeness (QED) is 0.590. The largest absolute Gasteiger partial charge is 0.315 e. The average Bonchev–Trinajstić information content (AvgIpc) is 2.06. The van der Waals surface area contributed by atoms with E-state index in [1.165, 1.54) is 19.4 Å². The van der Waals surface area contributed by atoms with Crippen LogP contribution in [0.25, 0.3) is 0 Å². The van der Waals surface area contributed by atoms with Crippen LogP contribution in [0.5, 0.6) is 0 Å². The van der Waals surface area contributed by atoms with Crippen LogP contribution in [-0.4, -0.2) is 25.2 Å². The molecule has 0 amide bonds. The predicted octanol–water partition coefficient (Wildman–Crippen LogP) is 0.902. The van der Waals surface area contributed by atoms with E-state index < -0.39 is 0 Å². The van der Waals surface area contributed by atoms with Gasteiger partial charge in [-0.25, -0.2) is 0 Å². The van der Waals surface area contributed by atoms with Gasteiger partial charge in [0.2, 0.25) is 0 Å². The Morgan fingerprint density at radius 3 is 3.09 bits per heavy atom. The van der Waals surface area contributed by atoms with Crippen molar-refractivity contribution >= 4 is 0 Å². The van der Waals surface area contributed by atoms with Crippen molar-refractivity contribution in [1.82, 2.24) is 10.6 Å². The summed E-state index contributed by atoms with van der Waals surface area (Å²) in [6.07, 6.45) is 4.54. The third-order valence-corrected chi connectivity index (χ3v) is 2.15. The first kappa shape index (κ1) is 8.75. The van der Waals surface area contributed by atoms with Gasteiger partial charge in [-0.05, 0) is 26.3 Å². The maximum Gasteiger partial charge on any atom is 0.0222 e. The lowest BCUT2D eigenvalue weighted by atomic mass is 10.1. The van der Waals surface area contributed by atoms with Crippen LogP contribution in [0.15, 0.2) is 12.7 Å². The van der Waals surface area contributed by atoms with Gasteiger partial charge in [0.25, 0.3) is 0 Å². The minimum Gasteiger partial charge on any atom is -0.315 e. The maximum atomic E-state index is 3.74. The second-order valence-corrected chi connectivity index (χ2v) is 3.23. The highest BCUT2D eigenvalue weighted by molar-refractivity contribution is 4.86. The van der Waals surface area contributed by atoms with Gasteiger partial charge in [0, 0.05) is 18.6 Å². The first-order chi connectivity index (χ1) is 5.33. The van der Waals surface area contributed by atoms with Crippen LogP contribution in [-0.2, 0) is 0 Å². The summed E-state index contributed by atoms with van der Waals surface area (Å²) in [4.78, 5) is 0. The first-order valence-corrected chi connectivity index (χ1v) is 4.42. The minimum atomic E-state index is 0.444. The standard InChI is InChI=1S/C9H18N2/c1-3-8(2)11-9-5-4-6-10-7-9/h3,8-11H,1,4-7H2,2H3. The third kappa shape index (κ3) is 3.04. The number of rotatable bonds is 3. The predicted molar refractivity (Wildman–Crippen MR) is 48.7 cm³/mol. The molecule has 1 fully saturated rings. The lowest BCUT2D eigenvalue weighted by molar-refractivity contribution is 0.378. The molecule has 1 aliphatic heterocycles. The first-order valence-electron chi connectivity index (χ1n) is 4.42. The topological polar surface area (TPSA) is 24.1 Å². The van der Waals surface area contributed by atoms with E-state index in [2.05, 4.69) is 24.1 Å². The van der Waals surface area contributed by atoms with Gasteiger partial charge in [-0.3, -0.25) is 0 Å². The molecule has 0 spiro atoms. The molecule has 11 heavy (non-hydrogen) atoms. The van der Waals surface area contributed by atoms with E-state index in [0.717, 1.165) is 6.54 Å². The number of hydrogen-bond donors (Lipinski definition) is 2. The Labute approximate surface area is 69.1 Å². The maximum absolute atomic E-state index is 3.74. The van der Waals surface area contributed by atoms with Gasteiger partial charge in [0.15, 0.2) is 0 Å². The number of piperidine rings is 1. The molecule has 2 heteroatoms. The monoisotopic (exact) mass is 154 g/mol. The molecule has 0 saturated carbocycles. The van der Waals surface area contributed by atoms with Crippen LogP contribution >= 0.6 is 0 Å². The van der Waals surface area contributed by atoms with Crippen LogP contribution in [0.4, 0.5) is 0 Å². The van der Waals surface area contributed by atoms with Crippen molar-refractivity contribution in [3.05, 3.63) is 12.7 Å². The van der Waals surface area contributed by atoms with Crippen molar-refractivity contribution in [2.24, 2.45) is 0 Å². The minimum absolute atomic E-state index is 0.444. The molecule has 1 heterocycles. The Morgan fingerprint density at radius 1 is 1.73 bits per heavy atom. The molecular weight excluding hydrogens is 136 g/mol. The van der Waals surface area contributed by atoms with E-state index in [4.69, 9.17) is 0 Å². The van der Waals surface area contributed by atoms with Gasteiger partial charge in [-0.15, -0.1) is 6.58 Å². The summed E-state index contributed by atoms with van der Waals surface area (Å²) in [6, 6.07) is 1.09. The molecular formula is C9H18N2. The van der Waals surface area contributed by atoms with Crippen molar-refractivity contribution < 1.29 is 0 Å². The normalized spacial score (nSPS) is 27.9. The fourth-order valence-electron chi connectivity index (χ4n) is 1.43. The Bertz CT molecular complexity index is 117. The zero-order valence-corrected chi connectivity index (χ0v) is 7.27. The van der Waals surface area contributed by atoms with E-state index >= 15 is 0 Å². The molecule has 0 aromatic rings. The van der Waals surface area contributed by atoms with Crippen LogP contribution in [0, 0.1) is 0 Å². The van der Waals surface area contributed by atoms with E-state index in [1.807, 2.05) is 6.08 Å².